The number of hydrogen-bond donors (Lipinski definition) is 1. The highest BCUT2D eigenvalue weighted by atomic mass is 16.5. The summed E-state index contributed by atoms with van der Waals surface area (Å²) >= 11 is 0. The highest BCUT2D eigenvalue weighted by Crippen LogP contribution is 2.16. The van der Waals surface area contributed by atoms with Gasteiger partial charge in [0.1, 0.15) is 12.6 Å². The van der Waals surface area contributed by atoms with Gasteiger partial charge in [-0.05, 0) is 19.1 Å². The fourth-order valence-corrected chi connectivity index (χ4v) is 2.31. The average molecular weight is 305 g/mol. The number of methoxy groups -OCH3 is 1. The SMILES string of the molecule is COC(=O)N[C@H](C)C(=O)N1CCN(c2ccccc2)C(=O)C1. The molecular weight excluding hydrogens is 286 g/mol. The van der Waals surface area contributed by atoms with Crippen molar-refractivity contribution in [3.8, 4) is 0 Å². The molecule has 1 N–H and O–H groups in total. The summed E-state index contributed by atoms with van der Waals surface area (Å²) in [6.07, 6.45) is -0.671. The maximum atomic E-state index is 12.2. The third-order valence-corrected chi connectivity index (χ3v) is 3.49. The lowest BCUT2D eigenvalue weighted by molar-refractivity contribution is -0.138. The van der Waals surface area contributed by atoms with Crippen molar-refractivity contribution in [1.82, 2.24) is 10.2 Å². The summed E-state index contributed by atoms with van der Waals surface area (Å²) in [4.78, 5) is 38.7. The molecule has 118 valence electrons. The average Bonchev–Trinajstić information content (AvgIpc) is 2.54. The molecule has 7 nitrogen and oxygen atoms in total. The number of amides is 3. The molecule has 1 aromatic rings. The van der Waals surface area contributed by atoms with Gasteiger partial charge in [0.05, 0.1) is 7.11 Å². The number of ether oxygens (including phenoxy) is 1. The van der Waals surface area contributed by atoms with Crippen LogP contribution in [-0.2, 0) is 14.3 Å². The standard InChI is InChI=1S/C15H19N3O4/c1-11(16-15(21)22-2)14(20)17-8-9-18(13(19)10-17)12-6-4-3-5-7-12/h3-7,11H,8-10H2,1-2H3,(H,16,21)/t11-/m1/s1. The van der Waals surface area contributed by atoms with Crippen LogP contribution < -0.4 is 10.2 Å². The molecule has 0 bridgehead atoms. The maximum absolute atomic E-state index is 12.2. The molecule has 1 heterocycles. The van der Waals surface area contributed by atoms with Crippen LogP contribution in [0.2, 0.25) is 0 Å². The van der Waals surface area contributed by atoms with Gasteiger partial charge in [0.25, 0.3) is 0 Å². The summed E-state index contributed by atoms with van der Waals surface area (Å²) in [5, 5.41) is 2.41. The second kappa shape index (κ2) is 6.93. The maximum Gasteiger partial charge on any atom is 0.407 e. The normalized spacial score (nSPS) is 16.2. The van der Waals surface area contributed by atoms with Crippen LogP contribution in [0.1, 0.15) is 6.92 Å². The summed E-state index contributed by atoms with van der Waals surface area (Å²) in [7, 11) is 1.23. The van der Waals surface area contributed by atoms with Gasteiger partial charge in [0.15, 0.2) is 0 Å². The molecule has 1 saturated heterocycles. The fraction of sp³-hybridized carbons (Fsp3) is 0.400. The minimum absolute atomic E-state index is 0.000913. The number of anilines is 1. The molecule has 1 atom stereocenters. The van der Waals surface area contributed by atoms with E-state index < -0.39 is 12.1 Å². The Hall–Kier alpha value is -2.57. The quantitative estimate of drug-likeness (QED) is 0.887. The first-order valence-corrected chi connectivity index (χ1v) is 7.01. The number of nitrogens with zero attached hydrogens (tertiary/aromatic N) is 2. The number of para-hydroxylation sites is 1. The molecule has 22 heavy (non-hydrogen) atoms. The van der Waals surface area contributed by atoms with E-state index in [-0.39, 0.29) is 18.4 Å². The van der Waals surface area contributed by atoms with Gasteiger partial charge >= 0.3 is 6.09 Å². The van der Waals surface area contributed by atoms with Crippen LogP contribution in [0.3, 0.4) is 0 Å². The Bertz CT molecular complexity index is 561. The number of hydrogen-bond acceptors (Lipinski definition) is 4. The fourth-order valence-electron chi connectivity index (χ4n) is 2.31. The van der Waals surface area contributed by atoms with Crippen LogP contribution in [0.25, 0.3) is 0 Å². The van der Waals surface area contributed by atoms with E-state index in [0.717, 1.165) is 5.69 Å². The van der Waals surface area contributed by atoms with Crippen molar-refractivity contribution in [1.29, 1.82) is 0 Å². The van der Waals surface area contributed by atoms with Crippen LogP contribution in [0.4, 0.5) is 10.5 Å². The third-order valence-electron chi connectivity index (χ3n) is 3.49. The van der Waals surface area contributed by atoms with Gasteiger partial charge in [-0.2, -0.15) is 0 Å². The zero-order chi connectivity index (χ0) is 16.1. The predicted octanol–water partition coefficient (Wildman–Crippen LogP) is 0.606. The minimum atomic E-state index is -0.733. The Labute approximate surface area is 128 Å². The first-order valence-electron chi connectivity index (χ1n) is 7.01. The number of rotatable bonds is 3. The zero-order valence-electron chi connectivity index (χ0n) is 12.6. The zero-order valence-corrected chi connectivity index (χ0v) is 12.6. The molecule has 1 aromatic carbocycles. The summed E-state index contributed by atoms with van der Waals surface area (Å²) < 4.78 is 4.46. The lowest BCUT2D eigenvalue weighted by Gasteiger charge is -2.35. The summed E-state index contributed by atoms with van der Waals surface area (Å²) in [6, 6.07) is 8.59. The van der Waals surface area contributed by atoms with Gasteiger partial charge in [0.2, 0.25) is 11.8 Å². The van der Waals surface area contributed by atoms with Crippen molar-refractivity contribution in [2.24, 2.45) is 0 Å². The van der Waals surface area contributed by atoms with Crippen molar-refractivity contribution in [2.75, 3.05) is 31.6 Å². The smallest absolute Gasteiger partial charge is 0.407 e. The number of alkyl carbamates (subject to hydrolysis) is 1. The molecule has 3 amide bonds. The Kier molecular flexibility index (Phi) is 4.98. The molecule has 0 aromatic heterocycles. The molecule has 7 heteroatoms. The van der Waals surface area contributed by atoms with E-state index in [4.69, 9.17) is 0 Å². The highest BCUT2D eigenvalue weighted by molar-refractivity contribution is 5.98. The molecule has 1 aliphatic heterocycles. The molecule has 0 spiro atoms. The van der Waals surface area contributed by atoms with E-state index in [1.165, 1.54) is 12.0 Å². The van der Waals surface area contributed by atoms with Crippen molar-refractivity contribution >= 4 is 23.6 Å². The van der Waals surface area contributed by atoms with E-state index in [1.807, 2.05) is 30.3 Å². The Morgan fingerprint density at radius 1 is 1.23 bits per heavy atom. The van der Waals surface area contributed by atoms with E-state index in [0.29, 0.717) is 13.1 Å². The molecule has 0 unspecified atom stereocenters. The van der Waals surface area contributed by atoms with Gasteiger partial charge in [-0.1, -0.05) is 18.2 Å². The van der Waals surface area contributed by atoms with Crippen LogP contribution in [0.15, 0.2) is 30.3 Å². The van der Waals surface area contributed by atoms with Crippen molar-refractivity contribution in [3.05, 3.63) is 30.3 Å². The van der Waals surface area contributed by atoms with E-state index >= 15 is 0 Å². The minimum Gasteiger partial charge on any atom is -0.453 e. The topological polar surface area (TPSA) is 79.0 Å². The van der Waals surface area contributed by atoms with Crippen LogP contribution in [0, 0.1) is 0 Å². The summed E-state index contributed by atoms with van der Waals surface area (Å²) in [6.45, 7) is 2.42. The molecule has 0 saturated carbocycles. The van der Waals surface area contributed by atoms with E-state index in [1.54, 1.807) is 11.8 Å². The third kappa shape index (κ3) is 3.55. The lowest BCUT2D eigenvalue weighted by atomic mass is 10.2. The predicted molar refractivity (Wildman–Crippen MR) is 80.4 cm³/mol. The first kappa shape index (κ1) is 15.8. The number of carbonyl (C=O) groups is 3. The molecule has 0 aliphatic carbocycles. The van der Waals surface area contributed by atoms with Crippen molar-refractivity contribution in [3.63, 3.8) is 0 Å². The Morgan fingerprint density at radius 3 is 2.50 bits per heavy atom. The molecule has 1 fully saturated rings. The van der Waals surface area contributed by atoms with Gasteiger partial charge in [-0.15, -0.1) is 0 Å². The first-order chi connectivity index (χ1) is 10.5. The highest BCUT2D eigenvalue weighted by Gasteiger charge is 2.30. The number of benzene rings is 1. The largest absolute Gasteiger partial charge is 0.453 e. The second-order valence-electron chi connectivity index (χ2n) is 5.00. The van der Waals surface area contributed by atoms with Gasteiger partial charge in [0, 0.05) is 18.8 Å². The number of nitrogens with one attached hydrogen (secondary N) is 1. The second-order valence-corrected chi connectivity index (χ2v) is 5.00. The Balaban J connectivity index is 1.96. The number of carbonyl (C=O) groups excluding carboxylic acids is 3. The monoisotopic (exact) mass is 305 g/mol. The summed E-state index contributed by atoms with van der Waals surface area (Å²) in [5.74, 6) is -0.442. The molecule has 0 radical (unpaired) electrons. The number of piperazine rings is 1. The van der Waals surface area contributed by atoms with Crippen molar-refractivity contribution < 1.29 is 19.1 Å². The van der Waals surface area contributed by atoms with Gasteiger partial charge in [-0.3, -0.25) is 9.59 Å². The molecule has 1 aliphatic rings. The Morgan fingerprint density at radius 2 is 1.91 bits per heavy atom. The van der Waals surface area contributed by atoms with E-state index in [9.17, 15) is 14.4 Å². The molecular formula is C15H19N3O4. The van der Waals surface area contributed by atoms with Gasteiger partial charge in [-0.25, -0.2) is 4.79 Å². The van der Waals surface area contributed by atoms with Crippen LogP contribution >= 0.6 is 0 Å². The summed E-state index contributed by atoms with van der Waals surface area (Å²) in [5.41, 5.74) is 0.820. The van der Waals surface area contributed by atoms with Crippen LogP contribution in [0.5, 0.6) is 0 Å². The van der Waals surface area contributed by atoms with Gasteiger partial charge < -0.3 is 19.9 Å². The van der Waals surface area contributed by atoms with E-state index in [2.05, 4.69) is 10.1 Å². The lowest BCUT2D eigenvalue weighted by Crippen LogP contribution is -2.56. The van der Waals surface area contributed by atoms with Crippen molar-refractivity contribution in [2.45, 2.75) is 13.0 Å². The molecule has 2 rings (SSSR count). The van der Waals surface area contributed by atoms with Crippen LogP contribution in [-0.4, -0.2) is 55.6 Å².